The van der Waals surface area contributed by atoms with E-state index in [0.29, 0.717) is 11.6 Å². The third kappa shape index (κ3) is 3.46. The maximum Gasteiger partial charge on any atom is 0.345 e. The van der Waals surface area contributed by atoms with Crippen LogP contribution in [-0.2, 0) is 4.79 Å². The molecule has 0 fully saturated rings. The van der Waals surface area contributed by atoms with Gasteiger partial charge >= 0.3 is 11.0 Å². The summed E-state index contributed by atoms with van der Waals surface area (Å²) >= 11 is 0.898. The number of nitrogens with one attached hydrogen (secondary N) is 1. The van der Waals surface area contributed by atoms with Crippen molar-refractivity contribution in [3.8, 4) is 0 Å². The molecule has 0 aliphatic rings. The lowest BCUT2D eigenvalue weighted by molar-refractivity contribution is -0.380. The molecule has 1 aromatic heterocycles. The summed E-state index contributed by atoms with van der Waals surface area (Å²) in [7, 11) is 0. The minimum Gasteiger partial charge on any atom is -0.481 e. The van der Waals surface area contributed by atoms with E-state index in [4.69, 9.17) is 5.11 Å². The standard InChI is InChI=1S/C8H11N3O4S/c1-2-5(3-7(12)13)10-8-9-4-6(16-8)11(14)15/h4-5H,2-3H2,1H3,(H,9,10)(H,12,13). The van der Waals surface area contributed by atoms with Crippen LogP contribution >= 0.6 is 11.3 Å². The van der Waals surface area contributed by atoms with Gasteiger partial charge in [0.1, 0.15) is 6.20 Å². The molecule has 0 saturated heterocycles. The molecule has 0 aliphatic heterocycles. The van der Waals surface area contributed by atoms with Crippen molar-refractivity contribution < 1.29 is 14.8 Å². The molecule has 88 valence electrons. The van der Waals surface area contributed by atoms with Crippen molar-refractivity contribution >= 4 is 27.4 Å². The quantitative estimate of drug-likeness (QED) is 0.584. The third-order valence-corrected chi connectivity index (χ3v) is 2.80. The molecule has 1 aromatic rings. The highest BCUT2D eigenvalue weighted by atomic mass is 32.1. The highest BCUT2D eigenvalue weighted by Gasteiger charge is 2.15. The van der Waals surface area contributed by atoms with Crippen LogP contribution in [0.25, 0.3) is 0 Å². The topological polar surface area (TPSA) is 105 Å². The van der Waals surface area contributed by atoms with Crippen molar-refractivity contribution in [3.05, 3.63) is 16.3 Å². The molecule has 0 amide bonds. The molecule has 1 unspecified atom stereocenters. The van der Waals surface area contributed by atoms with E-state index in [1.54, 1.807) is 0 Å². The van der Waals surface area contributed by atoms with Gasteiger partial charge in [-0.25, -0.2) is 4.98 Å². The van der Waals surface area contributed by atoms with Gasteiger partial charge in [-0.3, -0.25) is 14.9 Å². The molecule has 0 saturated carbocycles. The van der Waals surface area contributed by atoms with E-state index in [1.165, 1.54) is 0 Å². The minimum atomic E-state index is -0.912. The number of nitrogens with zero attached hydrogens (tertiary/aromatic N) is 2. The van der Waals surface area contributed by atoms with Gasteiger partial charge in [0.05, 0.1) is 11.3 Å². The van der Waals surface area contributed by atoms with Gasteiger partial charge in [0, 0.05) is 6.04 Å². The summed E-state index contributed by atoms with van der Waals surface area (Å²) < 4.78 is 0. The number of anilines is 1. The predicted octanol–water partition coefficient (Wildman–Crippen LogP) is 1.72. The molecule has 1 heterocycles. The van der Waals surface area contributed by atoms with Gasteiger partial charge in [0.2, 0.25) is 0 Å². The molecule has 0 spiro atoms. The maximum absolute atomic E-state index is 10.5. The number of hydrogen-bond acceptors (Lipinski definition) is 6. The van der Waals surface area contributed by atoms with Crippen molar-refractivity contribution in [2.45, 2.75) is 25.8 Å². The van der Waals surface area contributed by atoms with Crippen LogP contribution < -0.4 is 5.32 Å². The Balaban J connectivity index is 2.63. The number of nitro groups is 1. The lowest BCUT2D eigenvalue weighted by Gasteiger charge is -2.12. The zero-order valence-electron chi connectivity index (χ0n) is 8.54. The van der Waals surface area contributed by atoms with Crippen molar-refractivity contribution in [1.82, 2.24) is 4.98 Å². The van der Waals surface area contributed by atoms with E-state index in [1.807, 2.05) is 6.92 Å². The molecule has 2 N–H and O–H groups in total. The van der Waals surface area contributed by atoms with Gasteiger partial charge in [-0.05, 0) is 17.8 Å². The van der Waals surface area contributed by atoms with Gasteiger partial charge in [-0.15, -0.1) is 0 Å². The van der Waals surface area contributed by atoms with Gasteiger partial charge in [-0.2, -0.15) is 0 Å². The zero-order chi connectivity index (χ0) is 12.1. The van der Waals surface area contributed by atoms with Crippen LogP contribution in [0.2, 0.25) is 0 Å². The van der Waals surface area contributed by atoms with Crippen LogP contribution in [0.1, 0.15) is 19.8 Å². The number of aliphatic carboxylic acids is 1. The largest absolute Gasteiger partial charge is 0.481 e. The van der Waals surface area contributed by atoms with E-state index in [9.17, 15) is 14.9 Å². The maximum atomic E-state index is 10.5. The predicted molar refractivity (Wildman–Crippen MR) is 58.7 cm³/mol. The second kappa shape index (κ2) is 5.40. The Labute approximate surface area is 95.3 Å². The van der Waals surface area contributed by atoms with Crippen LogP contribution in [0.3, 0.4) is 0 Å². The summed E-state index contributed by atoms with van der Waals surface area (Å²) in [6.45, 7) is 1.84. The second-order valence-electron chi connectivity index (χ2n) is 3.11. The van der Waals surface area contributed by atoms with Crippen LogP contribution in [0.5, 0.6) is 0 Å². The first kappa shape index (κ1) is 12.4. The molecular formula is C8H11N3O4S. The summed E-state index contributed by atoms with van der Waals surface area (Å²) in [5, 5.41) is 22.2. The summed E-state index contributed by atoms with van der Waals surface area (Å²) in [5.41, 5.74) is 0. The molecule has 0 aliphatic carbocycles. The average Bonchev–Trinajstić information content (AvgIpc) is 2.64. The number of carboxylic acids is 1. The lowest BCUT2D eigenvalue weighted by atomic mass is 10.1. The molecule has 16 heavy (non-hydrogen) atoms. The molecule has 1 atom stereocenters. The number of rotatable bonds is 6. The summed E-state index contributed by atoms with van der Waals surface area (Å²) in [4.78, 5) is 24.2. The third-order valence-electron chi connectivity index (χ3n) is 1.91. The Morgan fingerprint density at radius 3 is 2.94 bits per heavy atom. The number of hydrogen-bond donors (Lipinski definition) is 2. The summed E-state index contributed by atoms with van der Waals surface area (Å²) in [5.74, 6) is -0.912. The second-order valence-corrected chi connectivity index (χ2v) is 4.12. The van der Waals surface area contributed by atoms with E-state index < -0.39 is 10.9 Å². The summed E-state index contributed by atoms with van der Waals surface area (Å²) in [6, 6.07) is -0.261. The van der Waals surface area contributed by atoms with Gasteiger partial charge < -0.3 is 10.4 Å². The van der Waals surface area contributed by atoms with Crippen LogP contribution in [0.4, 0.5) is 10.1 Å². The lowest BCUT2D eigenvalue weighted by Crippen LogP contribution is -2.21. The number of carbonyl (C=O) groups is 1. The van der Waals surface area contributed by atoms with Crippen molar-refractivity contribution in [3.63, 3.8) is 0 Å². The van der Waals surface area contributed by atoms with E-state index >= 15 is 0 Å². The van der Waals surface area contributed by atoms with E-state index in [-0.39, 0.29) is 17.5 Å². The van der Waals surface area contributed by atoms with Crippen molar-refractivity contribution in [2.24, 2.45) is 0 Å². The molecule has 0 radical (unpaired) electrons. The first-order chi connectivity index (χ1) is 7.52. The number of carboxylic acid groups (broad SMARTS) is 1. The Kier molecular flexibility index (Phi) is 4.18. The minimum absolute atomic E-state index is 0.0378. The highest BCUT2D eigenvalue weighted by molar-refractivity contribution is 7.18. The fraction of sp³-hybridized carbons (Fsp3) is 0.500. The Morgan fingerprint density at radius 1 is 1.81 bits per heavy atom. The monoisotopic (exact) mass is 245 g/mol. The molecule has 7 nitrogen and oxygen atoms in total. The fourth-order valence-corrected chi connectivity index (χ4v) is 1.81. The SMILES string of the molecule is CCC(CC(=O)O)Nc1ncc([N+](=O)[O-])s1. The Morgan fingerprint density at radius 2 is 2.50 bits per heavy atom. The Bertz CT molecular complexity index is 392. The summed E-state index contributed by atoms with van der Waals surface area (Å²) in [6.07, 6.45) is 1.73. The first-order valence-corrected chi connectivity index (χ1v) is 5.43. The van der Waals surface area contributed by atoms with Gasteiger partial charge in [-0.1, -0.05) is 6.92 Å². The van der Waals surface area contributed by atoms with Crippen LogP contribution in [-0.4, -0.2) is 27.0 Å². The molecular weight excluding hydrogens is 234 g/mol. The van der Waals surface area contributed by atoms with E-state index in [0.717, 1.165) is 17.5 Å². The van der Waals surface area contributed by atoms with E-state index in [2.05, 4.69) is 10.3 Å². The van der Waals surface area contributed by atoms with Crippen molar-refractivity contribution in [1.29, 1.82) is 0 Å². The number of aromatic nitrogens is 1. The molecule has 8 heteroatoms. The van der Waals surface area contributed by atoms with Gasteiger partial charge in [0.25, 0.3) is 0 Å². The Hall–Kier alpha value is -1.70. The fourth-order valence-electron chi connectivity index (χ4n) is 1.10. The smallest absolute Gasteiger partial charge is 0.345 e. The molecule has 1 rings (SSSR count). The molecule has 0 bridgehead atoms. The molecule has 0 aromatic carbocycles. The van der Waals surface area contributed by atoms with Crippen LogP contribution in [0.15, 0.2) is 6.20 Å². The zero-order valence-corrected chi connectivity index (χ0v) is 9.36. The first-order valence-electron chi connectivity index (χ1n) is 4.61. The van der Waals surface area contributed by atoms with Gasteiger partial charge in [0.15, 0.2) is 5.13 Å². The average molecular weight is 245 g/mol. The van der Waals surface area contributed by atoms with Crippen molar-refractivity contribution in [2.75, 3.05) is 5.32 Å². The van der Waals surface area contributed by atoms with Crippen LogP contribution in [0, 0.1) is 10.1 Å². The number of thiazole rings is 1. The highest BCUT2D eigenvalue weighted by Crippen LogP contribution is 2.26. The normalized spacial score (nSPS) is 12.1.